The Morgan fingerprint density at radius 3 is 2.30 bits per heavy atom. The third-order valence-electron chi connectivity index (χ3n) is 7.74. The fraction of sp³-hybridized carbons (Fsp3) is 0.267. The molecular weight excluding hydrogens is 592 g/mol. The molecule has 1 aromatic heterocycles. The van der Waals surface area contributed by atoms with Gasteiger partial charge in [0.15, 0.2) is 0 Å². The minimum Gasteiger partial charge on any atom is -0.341 e. The molecule has 1 aliphatic rings. The summed E-state index contributed by atoms with van der Waals surface area (Å²) in [4.78, 5) is 28.4. The number of benzene rings is 3. The van der Waals surface area contributed by atoms with Crippen LogP contribution in [0, 0.1) is 13.8 Å². The molecule has 1 aliphatic carbocycles. The smallest absolute Gasteiger partial charge is 0.296 e. The van der Waals surface area contributed by atoms with Gasteiger partial charge < -0.3 is 4.90 Å². The van der Waals surface area contributed by atoms with Crippen LogP contribution in [0.15, 0.2) is 87.0 Å². The number of para-hydroxylation sites is 1. The molecule has 8 nitrogen and oxygen atoms in total. The summed E-state index contributed by atoms with van der Waals surface area (Å²) in [7, 11) is -0.719. The maximum Gasteiger partial charge on any atom is 0.296 e. The summed E-state index contributed by atoms with van der Waals surface area (Å²) in [5.41, 5.74) is 2.63. The van der Waals surface area contributed by atoms with Crippen molar-refractivity contribution in [1.82, 2.24) is 14.3 Å². The summed E-state index contributed by atoms with van der Waals surface area (Å²) in [6.07, 6.45) is 1.97. The van der Waals surface area contributed by atoms with Crippen molar-refractivity contribution in [3.63, 3.8) is 0 Å². The summed E-state index contributed by atoms with van der Waals surface area (Å²) < 4.78 is 33.4. The molecule has 10 heteroatoms. The van der Waals surface area contributed by atoms with Crippen molar-refractivity contribution >= 4 is 37.5 Å². The van der Waals surface area contributed by atoms with Gasteiger partial charge in [-0.2, -0.15) is 0 Å². The van der Waals surface area contributed by atoms with Gasteiger partial charge in [-0.15, -0.1) is 0 Å². The predicted octanol–water partition coefficient (Wildman–Crippen LogP) is 5.16. The van der Waals surface area contributed by atoms with Crippen LogP contribution < -0.4 is 10.3 Å². The number of likely N-dealkylation sites (N-methyl/N-ethyl adjacent to an activating group) is 1. The molecule has 4 aromatic rings. The monoisotopic (exact) mass is 622 g/mol. The minimum atomic E-state index is -4.16. The molecule has 40 heavy (non-hydrogen) atoms. The summed E-state index contributed by atoms with van der Waals surface area (Å²) in [6, 6.07) is 21.6. The average Bonchev–Trinajstić information content (AvgIpc) is 3.68. The Morgan fingerprint density at radius 1 is 1.02 bits per heavy atom. The second-order valence-corrected chi connectivity index (χ2v) is 13.1. The van der Waals surface area contributed by atoms with E-state index in [9.17, 15) is 18.0 Å². The predicted molar refractivity (Wildman–Crippen MR) is 160 cm³/mol. The molecule has 0 bridgehead atoms. The lowest BCUT2D eigenvalue weighted by atomic mass is 9.95. The van der Waals surface area contributed by atoms with Crippen molar-refractivity contribution in [2.75, 3.05) is 18.3 Å². The summed E-state index contributed by atoms with van der Waals surface area (Å²) in [6.45, 7) is 3.99. The Kier molecular flexibility index (Phi) is 7.26. The lowest BCUT2D eigenvalue weighted by Gasteiger charge is -2.25. The van der Waals surface area contributed by atoms with E-state index in [-0.39, 0.29) is 21.9 Å². The summed E-state index contributed by atoms with van der Waals surface area (Å²) in [5.74, 6) is -0.250. The van der Waals surface area contributed by atoms with Crippen molar-refractivity contribution in [3.8, 4) is 5.69 Å². The zero-order valence-electron chi connectivity index (χ0n) is 22.8. The van der Waals surface area contributed by atoms with Gasteiger partial charge >= 0.3 is 0 Å². The Morgan fingerprint density at radius 2 is 1.68 bits per heavy atom. The van der Waals surface area contributed by atoms with Crippen LogP contribution in [0.25, 0.3) is 5.69 Å². The van der Waals surface area contributed by atoms with Gasteiger partial charge in [-0.05, 0) is 74.2 Å². The standard InChI is InChI=1S/C30H31BrN4O4S/c1-20-10-15-25(18-26(20)28(36)33(3)19-30(16-17-30)22-11-13-23(31)14-12-22)40(38,39)32-27-21(2)34(4)35(29(27)37)24-8-6-5-7-9-24/h5-15,18,32H,16-17,19H2,1-4H3. The number of hydrogen-bond donors (Lipinski definition) is 1. The number of hydrogen-bond acceptors (Lipinski definition) is 4. The first-order valence-electron chi connectivity index (χ1n) is 12.9. The number of nitrogens with one attached hydrogen (secondary N) is 1. The number of carbonyl (C=O) groups is 1. The van der Waals surface area contributed by atoms with Crippen LogP contribution in [0.5, 0.6) is 0 Å². The maximum absolute atomic E-state index is 13.6. The van der Waals surface area contributed by atoms with Crippen LogP contribution in [0.3, 0.4) is 0 Å². The lowest BCUT2D eigenvalue weighted by Crippen LogP contribution is -2.35. The molecule has 0 spiro atoms. The average molecular weight is 624 g/mol. The quantitative estimate of drug-likeness (QED) is 0.294. The molecule has 3 aromatic carbocycles. The number of sulfonamides is 1. The highest BCUT2D eigenvalue weighted by atomic mass is 79.9. The van der Waals surface area contributed by atoms with Gasteiger partial charge in [0.1, 0.15) is 5.69 Å². The van der Waals surface area contributed by atoms with Gasteiger partial charge in [0, 0.05) is 36.1 Å². The molecule has 1 saturated carbocycles. The highest BCUT2D eigenvalue weighted by molar-refractivity contribution is 9.10. The van der Waals surface area contributed by atoms with E-state index in [2.05, 4.69) is 32.8 Å². The molecule has 1 fully saturated rings. The molecule has 1 amide bonds. The lowest BCUT2D eigenvalue weighted by molar-refractivity contribution is 0.0780. The van der Waals surface area contributed by atoms with E-state index < -0.39 is 15.6 Å². The van der Waals surface area contributed by atoms with Crippen molar-refractivity contribution in [1.29, 1.82) is 0 Å². The van der Waals surface area contributed by atoms with E-state index in [0.717, 1.165) is 17.3 Å². The highest BCUT2D eigenvalue weighted by Crippen LogP contribution is 2.49. The number of aryl methyl sites for hydroxylation is 1. The van der Waals surface area contributed by atoms with E-state index in [0.29, 0.717) is 29.1 Å². The molecule has 0 radical (unpaired) electrons. The Labute approximate surface area is 242 Å². The maximum atomic E-state index is 13.6. The van der Waals surface area contributed by atoms with E-state index in [1.54, 1.807) is 67.9 Å². The third-order valence-corrected chi connectivity index (χ3v) is 9.61. The molecule has 0 atom stereocenters. The first kappa shape index (κ1) is 27.9. The van der Waals surface area contributed by atoms with Gasteiger partial charge in [0.25, 0.3) is 21.5 Å². The third kappa shape index (κ3) is 5.13. The second kappa shape index (κ2) is 10.4. The number of amides is 1. The summed E-state index contributed by atoms with van der Waals surface area (Å²) in [5, 5.41) is 0. The van der Waals surface area contributed by atoms with Crippen molar-refractivity contribution in [2.24, 2.45) is 7.05 Å². The van der Waals surface area contributed by atoms with Crippen molar-refractivity contribution < 1.29 is 13.2 Å². The number of aromatic nitrogens is 2. The number of rotatable bonds is 8. The van der Waals surface area contributed by atoms with Gasteiger partial charge in [-0.3, -0.25) is 19.0 Å². The van der Waals surface area contributed by atoms with Gasteiger partial charge in [0.05, 0.1) is 16.3 Å². The molecule has 0 aliphatic heterocycles. The van der Waals surface area contributed by atoms with Crippen LogP contribution in [-0.2, 0) is 22.5 Å². The normalized spacial score (nSPS) is 14.1. The van der Waals surface area contributed by atoms with Gasteiger partial charge in [0.2, 0.25) is 0 Å². The van der Waals surface area contributed by atoms with Crippen LogP contribution in [0.2, 0.25) is 0 Å². The molecule has 0 unspecified atom stereocenters. The van der Waals surface area contributed by atoms with Crippen LogP contribution in [0.4, 0.5) is 5.69 Å². The number of anilines is 1. The summed E-state index contributed by atoms with van der Waals surface area (Å²) >= 11 is 3.47. The highest BCUT2D eigenvalue weighted by Gasteiger charge is 2.45. The van der Waals surface area contributed by atoms with E-state index in [1.807, 2.05) is 18.2 Å². The van der Waals surface area contributed by atoms with Gasteiger partial charge in [-0.1, -0.05) is 52.3 Å². The second-order valence-electron chi connectivity index (χ2n) is 10.5. The number of carbonyl (C=O) groups excluding carboxylic acids is 1. The Bertz CT molecular complexity index is 1760. The van der Waals surface area contributed by atoms with Crippen LogP contribution >= 0.6 is 15.9 Å². The van der Waals surface area contributed by atoms with Crippen molar-refractivity contribution in [3.05, 3.63) is 110 Å². The molecule has 1 N–H and O–H groups in total. The molecule has 0 saturated heterocycles. The van der Waals surface area contributed by atoms with Crippen LogP contribution in [0.1, 0.15) is 40.0 Å². The Balaban J connectivity index is 1.41. The first-order chi connectivity index (χ1) is 18.9. The number of halogens is 1. The van der Waals surface area contributed by atoms with Crippen molar-refractivity contribution in [2.45, 2.75) is 37.0 Å². The first-order valence-corrected chi connectivity index (χ1v) is 15.2. The molecule has 1 heterocycles. The van der Waals surface area contributed by atoms with E-state index >= 15 is 0 Å². The fourth-order valence-electron chi connectivity index (χ4n) is 5.10. The topological polar surface area (TPSA) is 93.4 Å². The Hall–Kier alpha value is -3.63. The molecule has 5 rings (SSSR count). The fourth-order valence-corrected chi connectivity index (χ4v) is 6.51. The SMILES string of the molecule is Cc1ccc(S(=O)(=O)Nc2c(C)n(C)n(-c3ccccc3)c2=O)cc1C(=O)N(C)CC1(c2ccc(Br)cc2)CC1. The van der Waals surface area contributed by atoms with E-state index in [4.69, 9.17) is 0 Å². The zero-order valence-corrected chi connectivity index (χ0v) is 25.2. The van der Waals surface area contributed by atoms with E-state index in [1.165, 1.54) is 22.4 Å². The van der Waals surface area contributed by atoms with Gasteiger partial charge in [-0.25, -0.2) is 13.1 Å². The molecular formula is C30H31BrN4O4S. The van der Waals surface area contributed by atoms with Crippen LogP contribution in [-0.4, -0.2) is 42.2 Å². The largest absolute Gasteiger partial charge is 0.341 e. The zero-order chi connectivity index (χ0) is 28.8. The molecule has 208 valence electrons. The minimum absolute atomic E-state index is 0.0397. The number of nitrogens with zero attached hydrogens (tertiary/aromatic N) is 3.